The van der Waals surface area contributed by atoms with Crippen molar-refractivity contribution < 1.29 is 4.79 Å². The van der Waals surface area contributed by atoms with E-state index in [0.717, 1.165) is 44.8 Å². The van der Waals surface area contributed by atoms with Gasteiger partial charge in [-0.05, 0) is 38.1 Å². The van der Waals surface area contributed by atoms with Gasteiger partial charge in [-0.2, -0.15) is 0 Å². The largest absolute Gasteiger partial charge is 0.338 e. The van der Waals surface area contributed by atoms with Crippen LogP contribution in [0, 0.1) is 0 Å². The summed E-state index contributed by atoms with van der Waals surface area (Å²) in [4.78, 5) is 24.1. The Labute approximate surface area is 127 Å². The molecule has 4 rings (SSSR count). The number of amides is 1. The van der Waals surface area contributed by atoms with E-state index in [2.05, 4.69) is 20.3 Å². The smallest absolute Gasteiger partial charge is 0.256 e. The fourth-order valence-electron chi connectivity index (χ4n) is 2.81. The normalized spacial score (nSPS) is 13.4. The number of imidazole rings is 1. The third-order valence-electron chi connectivity index (χ3n) is 3.80. The lowest BCUT2D eigenvalue weighted by Gasteiger charge is -2.00. The molecule has 2 aromatic heterocycles. The summed E-state index contributed by atoms with van der Waals surface area (Å²) in [6, 6.07) is 7.73. The number of hydrogen-bond acceptors (Lipinski definition) is 3. The van der Waals surface area contributed by atoms with Gasteiger partial charge >= 0.3 is 0 Å². The second-order valence-electron chi connectivity index (χ2n) is 5.57. The van der Waals surface area contributed by atoms with E-state index < -0.39 is 0 Å². The summed E-state index contributed by atoms with van der Waals surface area (Å²) in [5.41, 5.74) is 6.17. The van der Waals surface area contributed by atoms with Gasteiger partial charge in [0.2, 0.25) is 0 Å². The lowest BCUT2D eigenvalue weighted by molar-refractivity contribution is -0.110. The van der Waals surface area contributed by atoms with Crippen LogP contribution in [0.15, 0.2) is 42.2 Å². The number of nitrogens with zero attached hydrogens (tertiary/aromatic N) is 2. The number of carbonyl (C=O) groups is 1. The fourth-order valence-corrected chi connectivity index (χ4v) is 2.81. The van der Waals surface area contributed by atoms with Gasteiger partial charge in [0.1, 0.15) is 5.82 Å². The topological polar surface area (TPSA) is 70.7 Å². The zero-order chi connectivity index (χ0) is 15.3. The molecule has 0 spiro atoms. The Kier molecular flexibility index (Phi) is 2.63. The Morgan fingerprint density at radius 3 is 2.82 bits per heavy atom. The lowest BCUT2D eigenvalue weighted by Crippen LogP contribution is -2.04. The van der Waals surface area contributed by atoms with Crippen LogP contribution in [-0.2, 0) is 4.79 Å². The maximum absolute atomic E-state index is 12.1. The summed E-state index contributed by atoms with van der Waals surface area (Å²) in [7, 11) is 0. The number of carbonyl (C=O) groups excluding carboxylic acids is 1. The van der Waals surface area contributed by atoms with Crippen molar-refractivity contribution in [1.29, 1.82) is 0 Å². The third kappa shape index (κ3) is 1.83. The number of rotatable bonds is 1. The van der Waals surface area contributed by atoms with Crippen LogP contribution < -0.4 is 5.32 Å². The van der Waals surface area contributed by atoms with Crippen LogP contribution in [0.2, 0.25) is 0 Å². The van der Waals surface area contributed by atoms with Crippen LogP contribution >= 0.6 is 0 Å². The molecule has 0 saturated carbocycles. The van der Waals surface area contributed by atoms with Crippen molar-refractivity contribution in [2.24, 2.45) is 0 Å². The van der Waals surface area contributed by atoms with Gasteiger partial charge in [-0.1, -0.05) is 5.57 Å². The van der Waals surface area contributed by atoms with Gasteiger partial charge in [-0.3, -0.25) is 9.78 Å². The minimum atomic E-state index is -0.0462. The van der Waals surface area contributed by atoms with Gasteiger partial charge in [0.15, 0.2) is 0 Å². The molecule has 108 valence electrons. The average Bonchev–Trinajstić information content (AvgIpc) is 3.04. The number of nitrogens with one attached hydrogen (secondary N) is 2. The van der Waals surface area contributed by atoms with Crippen LogP contribution in [0.1, 0.15) is 19.4 Å². The molecule has 22 heavy (non-hydrogen) atoms. The Morgan fingerprint density at radius 2 is 2.09 bits per heavy atom. The minimum Gasteiger partial charge on any atom is -0.338 e. The Balaban J connectivity index is 1.91. The van der Waals surface area contributed by atoms with Crippen molar-refractivity contribution in [2.75, 3.05) is 5.32 Å². The second kappa shape index (κ2) is 4.53. The van der Waals surface area contributed by atoms with E-state index in [0.29, 0.717) is 0 Å². The number of aromatic amines is 1. The molecule has 0 aliphatic carbocycles. The number of benzene rings is 1. The predicted molar refractivity (Wildman–Crippen MR) is 86.2 cm³/mol. The minimum absolute atomic E-state index is 0.0462. The molecule has 1 aliphatic heterocycles. The maximum atomic E-state index is 12.1. The Hall–Kier alpha value is -2.95. The number of pyridine rings is 1. The third-order valence-corrected chi connectivity index (χ3v) is 3.80. The second-order valence-corrected chi connectivity index (χ2v) is 5.57. The molecule has 5 nitrogen and oxygen atoms in total. The summed E-state index contributed by atoms with van der Waals surface area (Å²) in [6.07, 6.45) is 3.51. The molecule has 0 saturated heterocycles. The summed E-state index contributed by atoms with van der Waals surface area (Å²) in [5.74, 6) is 0.729. The molecule has 3 aromatic rings. The highest BCUT2D eigenvalue weighted by atomic mass is 16.2. The highest BCUT2D eigenvalue weighted by Gasteiger charge is 2.26. The molecule has 0 radical (unpaired) electrons. The fraction of sp³-hybridized carbons (Fsp3) is 0.118. The van der Waals surface area contributed by atoms with Gasteiger partial charge in [0, 0.05) is 29.1 Å². The van der Waals surface area contributed by atoms with E-state index in [-0.39, 0.29) is 5.91 Å². The first-order valence-electron chi connectivity index (χ1n) is 7.07. The number of hydrogen-bond donors (Lipinski definition) is 2. The van der Waals surface area contributed by atoms with Crippen molar-refractivity contribution >= 4 is 28.2 Å². The van der Waals surface area contributed by atoms with Gasteiger partial charge in [0.25, 0.3) is 5.91 Å². The van der Waals surface area contributed by atoms with E-state index in [1.807, 2.05) is 38.1 Å². The van der Waals surface area contributed by atoms with Crippen LogP contribution in [0.5, 0.6) is 0 Å². The van der Waals surface area contributed by atoms with Crippen LogP contribution in [0.4, 0.5) is 5.69 Å². The molecule has 1 aromatic carbocycles. The number of allylic oxidation sites excluding steroid dienone is 1. The maximum Gasteiger partial charge on any atom is 0.256 e. The molecule has 0 bridgehead atoms. The Bertz CT molecular complexity index is 934. The predicted octanol–water partition coefficient (Wildman–Crippen LogP) is 3.37. The van der Waals surface area contributed by atoms with Crippen molar-refractivity contribution in [3.05, 3.63) is 47.8 Å². The van der Waals surface area contributed by atoms with Crippen molar-refractivity contribution in [3.63, 3.8) is 0 Å². The molecule has 0 fully saturated rings. The molecule has 1 amide bonds. The van der Waals surface area contributed by atoms with E-state index >= 15 is 0 Å². The lowest BCUT2D eigenvalue weighted by atomic mass is 10.0. The van der Waals surface area contributed by atoms with Crippen molar-refractivity contribution in [1.82, 2.24) is 15.0 Å². The van der Waals surface area contributed by atoms with Crippen molar-refractivity contribution in [2.45, 2.75) is 13.8 Å². The number of anilines is 1. The summed E-state index contributed by atoms with van der Waals surface area (Å²) < 4.78 is 0. The van der Waals surface area contributed by atoms with E-state index in [1.54, 1.807) is 12.4 Å². The molecular weight excluding hydrogens is 276 g/mol. The SMILES string of the molecule is CC(C)=C1C(=O)Nc2cc3nc(-c4cccnc4)[nH]c3cc21. The monoisotopic (exact) mass is 290 g/mol. The van der Waals surface area contributed by atoms with Crippen LogP contribution in [0.3, 0.4) is 0 Å². The highest BCUT2D eigenvalue weighted by Crippen LogP contribution is 2.36. The Morgan fingerprint density at radius 1 is 1.23 bits per heavy atom. The zero-order valence-corrected chi connectivity index (χ0v) is 12.3. The molecule has 1 aliphatic rings. The van der Waals surface area contributed by atoms with Gasteiger partial charge in [-0.15, -0.1) is 0 Å². The van der Waals surface area contributed by atoms with Crippen LogP contribution in [-0.4, -0.2) is 20.9 Å². The van der Waals surface area contributed by atoms with E-state index in [1.165, 1.54) is 0 Å². The standard InChI is InChI=1S/C17H14N4O/c1-9(2)15-11-6-13-14(7-12(11)21-17(15)22)20-16(19-13)10-4-3-5-18-8-10/h3-8H,1-2H3,(H,19,20)(H,21,22). The first-order chi connectivity index (χ1) is 10.6. The van der Waals surface area contributed by atoms with Gasteiger partial charge in [-0.25, -0.2) is 4.98 Å². The van der Waals surface area contributed by atoms with Gasteiger partial charge in [0.05, 0.1) is 16.7 Å². The number of aromatic nitrogens is 3. The van der Waals surface area contributed by atoms with Crippen LogP contribution in [0.25, 0.3) is 28.0 Å². The average molecular weight is 290 g/mol. The molecule has 0 unspecified atom stereocenters. The van der Waals surface area contributed by atoms with E-state index in [4.69, 9.17) is 0 Å². The van der Waals surface area contributed by atoms with Crippen molar-refractivity contribution in [3.8, 4) is 11.4 Å². The molecule has 2 N–H and O–H groups in total. The summed E-state index contributed by atoms with van der Waals surface area (Å²) in [5, 5.41) is 2.91. The summed E-state index contributed by atoms with van der Waals surface area (Å²) >= 11 is 0. The quantitative estimate of drug-likeness (QED) is 0.675. The number of fused-ring (bicyclic) bond motifs is 2. The zero-order valence-electron chi connectivity index (χ0n) is 12.3. The number of H-pyrrole nitrogens is 1. The highest BCUT2D eigenvalue weighted by molar-refractivity contribution is 6.32. The molecule has 0 atom stereocenters. The first kappa shape index (κ1) is 12.8. The molecular formula is C17H14N4O. The van der Waals surface area contributed by atoms with Gasteiger partial charge < -0.3 is 10.3 Å². The molecule has 3 heterocycles. The summed E-state index contributed by atoms with van der Waals surface area (Å²) in [6.45, 7) is 3.89. The molecule has 5 heteroatoms. The van der Waals surface area contributed by atoms with E-state index in [9.17, 15) is 4.79 Å². The first-order valence-corrected chi connectivity index (χ1v) is 7.07.